The van der Waals surface area contributed by atoms with Gasteiger partial charge in [0, 0.05) is 19.2 Å². The number of hydrazine groups is 1. The molecule has 1 aromatic rings. The van der Waals surface area contributed by atoms with E-state index in [1.54, 1.807) is 0 Å². The largest absolute Gasteiger partial charge is 0.350 e. The highest BCUT2D eigenvalue weighted by molar-refractivity contribution is 5.73. The quantitative estimate of drug-likeness (QED) is 0.572. The van der Waals surface area contributed by atoms with E-state index < -0.39 is 11.0 Å². The Balaban J connectivity index is 2.72. The molecule has 0 saturated carbocycles. The van der Waals surface area contributed by atoms with Crippen LogP contribution >= 0.6 is 0 Å². The fourth-order valence-electron chi connectivity index (χ4n) is 0.906. The Morgan fingerprint density at radius 1 is 1.47 bits per heavy atom. The Kier molecular flexibility index (Phi) is 3.06. The van der Waals surface area contributed by atoms with Crippen LogP contribution in [0.25, 0.3) is 0 Å². The zero-order chi connectivity index (χ0) is 11.4. The van der Waals surface area contributed by atoms with E-state index in [0.29, 0.717) is 5.69 Å². The van der Waals surface area contributed by atoms with Crippen LogP contribution in [-0.4, -0.2) is 23.0 Å². The number of amides is 2. The van der Waals surface area contributed by atoms with Crippen molar-refractivity contribution in [1.29, 1.82) is 0 Å². The van der Waals surface area contributed by atoms with Gasteiger partial charge < -0.3 is 5.73 Å². The maximum atomic E-state index is 10.7. The number of carbonyl (C=O) groups is 1. The number of nitro groups is 1. The van der Waals surface area contributed by atoms with Crippen LogP contribution in [0.4, 0.5) is 16.2 Å². The van der Waals surface area contributed by atoms with Gasteiger partial charge in [-0.25, -0.2) is 9.80 Å². The fourth-order valence-corrected chi connectivity index (χ4v) is 0.906. The highest BCUT2D eigenvalue weighted by Crippen LogP contribution is 2.15. The van der Waals surface area contributed by atoms with E-state index in [1.165, 1.54) is 31.3 Å². The van der Waals surface area contributed by atoms with E-state index in [1.807, 2.05) is 0 Å². The van der Waals surface area contributed by atoms with Gasteiger partial charge in [0.15, 0.2) is 0 Å². The van der Waals surface area contributed by atoms with Crippen molar-refractivity contribution >= 4 is 17.4 Å². The van der Waals surface area contributed by atoms with Gasteiger partial charge in [0.25, 0.3) is 5.69 Å². The average molecular weight is 210 g/mol. The predicted octanol–water partition coefficient (Wildman–Crippen LogP) is 0.932. The van der Waals surface area contributed by atoms with Gasteiger partial charge >= 0.3 is 6.03 Å². The first-order valence-electron chi connectivity index (χ1n) is 4.05. The summed E-state index contributed by atoms with van der Waals surface area (Å²) in [7, 11) is 1.45. The number of hydrogen-bond donors (Lipinski definition) is 2. The van der Waals surface area contributed by atoms with Crippen molar-refractivity contribution in [3.63, 3.8) is 0 Å². The van der Waals surface area contributed by atoms with Crippen LogP contribution in [0.15, 0.2) is 24.3 Å². The molecule has 3 N–H and O–H groups in total. The molecule has 2 amide bonds. The summed E-state index contributed by atoms with van der Waals surface area (Å²) >= 11 is 0. The van der Waals surface area contributed by atoms with Crippen molar-refractivity contribution in [3.05, 3.63) is 34.4 Å². The van der Waals surface area contributed by atoms with Gasteiger partial charge in [-0.3, -0.25) is 15.5 Å². The van der Waals surface area contributed by atoms with E-state index in [-0.39, 0.29) is 5.69 Å². The summed E-state index contributed by atoms with van der Waals surface area (Å²) in [5.41, 5.74) is 8.15. The average Bonchev–Trinajstić information content (AvgIpc) is 2.18. The molecule has 0 bridgehead atoms. The number of hydrogen-bond acceptors (Lipinski definition) is 4. The van der Waals surface area contributed by atoms with Crippen LogP contribution in [0.5, 0.6) is 0 Å². The maximum absolute atomic E-state index is 10.7. The SMILES string of the molecule is CN(Nc1ccc([N+](=O)[O-])cc1)C(N)=O. The molecule has 7 nitrogen and oxygen atoms in total. The topological polar surface area (TPSA) is 102 Å². The number of carbonyl (C=O) groups excluding carboxylic acids is 1. The third kappa shape index (κ3) is 2.83. The summed E-state index contributed by atoms with van der Waals surface area (Å²) in [6, 6.07) is 4.98. The van der Waals surface area contributed by atoms with E-state index in [9.17, 15) is 14.9 Å². The monoisotopic (exact) mass is 210 g/mol. The fraction of sp³-hybridized carbons (Fsp3) is 0.125. The Morgan fingerprint density at radius 3 is 2.40 bits per heavy atom. The molecule has 15 heavy (non-hydrogen) atoms. The van der Waals surface area contributed by atoms with Crippen molar-refractivity contribution < 1.29 is 9.72 Å². The van der Waals surface area contributed by atoms with Gasteiger partial charge in [-0.15, -0.1) is 0 Å². The summed E-state index contributed by atoms with van der Waals surface area (Å²) in [5.74, 6) is 0. The Labute approximate surface area is 85.6 Å². The first kappa shape index (κ1) is 10.8. The second-order valence-corrected chi connectivity index (χ2v) is 2.81. The van der Waals surface area contributed by atoms with Crippen LogP contribution in [0, 0.1) is 10.1 Å². The molecule has 0 aliphatic heterocycles. The number of nitrogens with two attached hydrogens (primary N) is 1. The lowest BCUT2D eigenvalue weighted by Crippen LogP contribution is -2.36. The maximum Gasteiger partial charge on any atom is 0.333 e. The van der Waals surface area contributed by atoms with Crippen molar-refractivity contribution in [2.24, 2.45) is 5.73 Å². The minimum Gasteiger partial charge on any atom is -0.350 e. The number of nitrogens with one attached hydrogen (secondary N) is 1. The lowest BCUT2D eigenvalue weighted by atomic mass is 10.3. The number of benzene rings is 1. The number of non-ortho nitro benzene ring substituents is 1. The molecule has 0 radical (unpaired) electrons. The third-order valence-corrected chi connectivity index (χ3v) is 1.71. The molecule has 0 spiro atoms. The molecule has 7 heteroatoms. The predicted molar refractivity (Wildman–Crippen MR) is 54.1 cm³/mol. The first-order valence-corrected chi connectivity index (χ1v) is 4.05. The van der Waals surface area contributed by atoms with Crippen molar-refractivity contribution in [2.75, 3.05) is 12.5 Å². The lowest BCUT2D eigenvalue weighted by Gasteiger charge is -2.16. The Bertz CT molecular complexity index is 376. The second kappa shape index (κ2) is 4.27. The molecule has 0 aliphatic rings. The van der Waals surface area contributed by atoms with Crippen molar-refractivity contribution in [1.82, 2.24) is 5.01 Å². The number of nitrogens with zero attached hydrogens (tertiary/aromatic N) is 2. The smallest absolute Gasteiger partial charge is 0.333 e. The van der Waals surface area contributed by atoms with Gasteiger partial charge in [0.05, 0.1) is 10.6 Å². The highest BCUT2D eigenvalue weighted by Gasteiger charge is 2.06. The standard InChI is InChI=1S/C8H10N4O3/c1-11(8(9)13)10-6-2-4-7(5-3-6)12(14)15/h2-5,10H,1H3,(H2,9,13). The molecule has 0 atom stereocenters. The molecule has 1 rings (SSSR count). The summed E-state index contributed by atoms with van der Waals surface area (Å²) < 4.78 is 0. The zero-order valence-electron chi connectivity index (χ0n) is 8.01. The molecule has 0 aliphatic carbocycles. The third-order valence-electron chi connectivity index (χ3n) is 1.71. The summed E-state index contributed by atoms with van der Waals surface area (Å²) in [6.07, 6.45) is 0. The summed E-state index contributed by atoms with van der Waals surface area (Å²) in [4.78, 5) is 20.5. The minimum atomic E-state index is -0.645. The van der Waals surface area contributed by atoms with E-state index in [2.05, 4.69) is 5.43 Å². The molecular formula is C8H10N4O3. The Morgan fingerprint density at radius 2 is 2.00 bits per heavy atom. The van der Waals surface area contributed by atoms with Gasteiger partial charge in [0.2, 0.25) is 0 Å². The second-order valence-electron chi connectivity index (χ2n) is 2.81. The van der Waals surface area contributed by atoms with Crippen molar-refractivity contribution in [2.45, 2.75) is 0 Å². The van der Waals surface area contributed by atoms with Gasteiger partial charge in [0.1, 0.15) is 0 Å². The van der Waals surface area contributed by atoms with E-state index >= 15 is 0 Å². The number of anilines is 1. The molecule has 0 unspecified atom stereocenters. The summed E-state index contributed by atoms with van der Waals surface area (Å²) in [6.45, 7) is 0. The number of rotatable bonds is 3. The summed E-state index contributed by atoms with van der Waals surface area (Å²) in [5, 5.41) is 11.4. The normalized spacial score (nSPS) is 9.40. The Hall–Kier alpha value is -2.31. The van der Waals surface area contributed by atoms with Crippen LogP contribution in [0.3, 0.4) is 0 Å². The number of nitro benzene ring substituents is 1. The van der Waals surface area contributed by atoms with Crippen molar-refractivity contribution in [3.8, 4) is 0 Å². The molecule has 0 heterocycles. The molecule has 1 aromatic carbocycles. The molecular weight excluding hydrogens is 200 g/mol. The van der Waals surface area contributed by atoms with Gasteiger partial charge in [-0.1, -0.05) is 0 Å². The zero-order valence-corrected chi connectivity index (χ0v) is 8.01. The van der Waals surface area contributed by atoms with E-state index in [0.717, 1.165) is 5.01 Å². The van der Waals surface area contributed by atoms with E-state index in [4.69, 9.17) is 5.73 Å². The first-order chi connectivity index (χ1) is 7.00. The molecule has 0 aromatic heterocycles. The highest BCUT2D eigenvalue weighted by atomic mass is 16.6. The molecule has 0 saturated heterocycles. The van der Waals surface area contributed by atoms with Crippen LogP contribution < -0.4 is 11.2 Å². The minimum absolute atomic E-state index is 0.0118. The van der Waals surface area contributed by atoms with Crippen LogP contribution in [0.2, 0.25) is 0 Å². The molecule has 0 fully saturated rings. The van der Waals surface area contributed by atoms with Crippen LogP contribution in [-0.2, 0) is 0 Å². The molecule has 80 valence electrons. The van der Waals surface area contributed by atoms with Gasteiger partial charge in [-0.05, 0) is 12.1 Å². The van der Waals surface area contributed by atoms with Crippen LogP contribution in [0.1, 0.15) is 0 Å². The lowest BCUT2D eigenvalue weighted by molar-refractivity contribution is -0.384. The number of urea groups is 1. The number of primary amides is 1. The van der Waals surface area contributed by atoms with Gasteiger partial charge in [-0.2, -0.15) is 0 Å².